The van der Waals surface area contributed by atoms with Crippen LogP contribution in [0.4, 0.5) is 0 Å². The van der Waals surface area contributed by atoms with Crippen LogP contribution in [0.3, 0.4) is 0 Å². The lowest BCUT2D eigenvalue weighted by atomic mass is 10.0. The molecule has 1 N–H and O–H groups in total. The first-order valence-corrected chi connectivity index (χ1v) is 6.71. The van der Waals surface area contributed by atoms with Crippen LogP contribution in [0, 0.1) is 5.92 Å². The number of ether oxygens (including phenoxy) is 1. The van der Waals surface area contributed by atoms with Crippen molar-refractivity contribution in [2.24, 2.45) is 5.92 Å². The second-order valence-corrected chi connectivity index (χ2v) is 5.09. The molecular weight excluding hydrogens is 200 g/mol. The van der Waals surface area contributed by atoms with Crippen LogP contribution >= 0.6 is 0 Å². The molecule has 1 unspecified atom stereocenters. The largest absolute Gasteiger partial charge is 0.384 e. The number of piperidine rings is 1. The number of hydrogen-bond donors (Lipinski definition) is 1. The van der Waals surface area contributed by atoms with Gasteiger partial charge < -0.3 is 15.0 Å². The highest BCUT2D eigenvalue weighted by molar-refractivity contribution is 4.77. The van der Waals surface area contributed by atoms with Crippen molar-refractivity contribution in [2.75, 3.05) is 39.9 Å². The zero-order valence-electron chi connectivity index (χ0n) is 11.2. The molecule has 3 heteroatoms. The van der Waals surface area contributed by atoms with Crippen LogP contribution in [0.1, 0.15) is 33.1 Å². The highest BCUT2D eigenvalue weighted by Gasteiger charge is 2.19. The number of nitrogens with one attached hydrogen (secondary N) is 1. The fraction of sp³-hybridized carbons (Fsp3) is 1.00. The molecule has 1 heterocycles. The molecule has 96 valence electrons. The van der Waals surface area contributed by atoms with Gasteiger partial charge in [-0.2, -0.15) is 0 Å². The summed E-state index contributed by atoms with van der Waals surface area (Å²) in [5.41, 5.74) is 0. The summed E-state index contributed by atoms with van der Waals surface area (Å²) in [7, 11) is 1.79. The van der Waals surface area contributed by atoms with Crippen molar-refractivity contribution in [3.8, 4) is 0 Å². The van der Waals surface area contributed by atoms with E-state index < -0.39 is 0 Å². The molecule has 0 aromatic rings. The molecule has 1 atom stereocenters. The van der Waals surface area contributed by atoms with Crippen molar-refractivity contribution >= 4 is 0 Å². The van der Waals surface area contributed by atoms with Crippen molar-refractivity contribution in [2.45, 2.75) is 39.2 Å². The highest BCUT2D eigenvalue weighted by Crippen LogP contribution is 2.12. The van der Waals surface area contributed by atoms with Crippen molar-refractivity contribution in [1.82, 2.24) is 10.2 Å². The van der Waals surface area contributed by atoms with E-state index in [1.807, 2.05) is 0 Å². The minimum atomic E-state index is 0.658. The minimum absolute atomic E-state index is 0.658. The Morgan fingerprint density at radius 3 is 2.62 bits per heavy atom. The fourth-order valence-corrected chi connectivity index (χ4v) is 2.45. The summed E-state index contributed by atoms with van der Waals surface area (Å²) < 4.78 is 5.18. The van der Waals surface area contributed by atoms with Gasteiger partial charge in [0.2, 0.25) is 0 Å². The van der Waals surface area contributed by atoms with Crippen LogP contribution in [0.2, 0.25) is 0 Å². The van der Waals surface area contributed by atoms with Crippen LogP contribution < -0.4 is 5.32 Å². The summed E-state index contributed by atoms with van der Waals surface area (Å²) >= 11 is 0. The Morgan fingerprint density at radius 1 is 1.38 bits per heavy atom. The van der Waals surface area contributed by atoms with E-state index in [1.54, 1.807) is 7.11 Å². The first-order valence-electron chi connectivity index (χ1n) is 6.71. The third-order valence-corrected chi connectivity index (χ3v) is 3.29. The van der Waals surface area contributed by atoms with Gasteiger partial charge in [-0.25, -0.2) is 0 Å². The lowest BCUT2D eigenvalue weighted by molar-refractivity contribution is 0.114. The second kappa shape index (κ2) is 8.04. The van der Waals surface area contributed by atoms with Gasteiger partial charge in [0.15, 0.2) is 0 Å². The van der Waals surface area contributed by atoms with Gasteiger partial charge in [-0.15, -0.1) is 0 Å². The van der Waals surface area contributed by atoms with Crippen LogP contribution in [0.15, 0.2) is 0 Å². The summed E-state index contributed by atoms with van der Waals surface area (Å²) in [5, 5.41) is 3.62. The van der Waals surface area contributed by atoms with Crippen LogP contribution in [-0.4, -0.2) is 50.8 Å². The summed E-state index contributed by atoms with van der Waals surface area (Å²) in [4.78, 5) is 2.58. The Hall–Kier alpha value is -0.120. The van der Waals surface area contributed by atoms with E-state index in [0.29, 0.717) is 5.92 Å². The number of likely N-dealkylation sites (tertiary alicyclic amines) is 1. The SMILES string of the molecule is CCCNC1CCN(CC(C)COC)CC1. The number of nitrogens with zero attached hydrogens (tertiary/aromatic N) is 1. The normalized spacial score (nSPS) is 21.2. The topological polar surface area (TPSA) is 24.5 Å². The zero-order valence-corrected chi connectivity index (χ0v) is 11.2. The quantitative estimate of drug-likeness (QED) is 0.718. The van der Waals surface area contributed by atoms with Crippen molar-refractivity contribution in [3.63, 3.8) is 0 Å². The summed E-state index contributed by atoms with van der Waals surface area (Å²) in [6.45, 7) is 10.2. The van der Waals surface area contributed by atoms with E-state index in [4.69, 9.17) is 4.74 Å². The highest BCUT2D eigenvalue weighted by atomic mass is 16.5. The van der Waals surface area contributed by atoms with Gasteiger partial charge in [-0.3, -0.25) is 0 Å². The maximum absolute atomic E-state index is 5.18. The Morgan fingerprint density at radius 2 is 2.06 bits per heavy atom. The molecule has 3 nitrogen and oxygen atoms in total. The first kappa shape index (κ1) is 13.9. The molecule has 0 saturated carbocycles. The Balaban J connectivity index is 2.11. The predicted octanol–water partition coefficient (Wildman–Crippen LogP) is 1.73. The average molecular weight is 228 g/mol. The summed E-state index contributed by atoms with van der Waals surface area (Å²) in [6, 6.07) is 0.758. The molecule has 0 aromatic carbocycles. The molecule has 0 aliphatic carbocycles. The van der Waals surface area contributed by atoms with E-state index >= 15 is 0 Å². The molecule has 0 amide bonds. The average Bonchev–Trinajstić information content (AvgIpc) is 2.28. The van der Waals surface area contributed by atoms with Crippen molar-refractivity contribution < 1.29 is 4.74 Å². The van der Waals surface area contributed by atoms with E-state index in [1.165, 1.54) is 45.4 Å². The molecule has 0 spiro atoms. The van der Waals surface area contributed by atoms with Crippen LogP contribution in [-0.2, 0) is 4.74 Å². The molecule has 1 saturated heterocycles. The summed E-state index contributed by atoms with van der Waals surface area (Å²) in [5.74, 6) is 0.658. The Labute approximate surface area is 101 Å². The molecule has 1 aliphatic heterocycles. The number of methoxy groups -OCH3 is 1. The lowest BCUT2D eigenvalue weighted by Crippen LogP contribution is -2.44. The lowest BCUT2D eigenvalue weighted by Gasteiger charge is -2.33. The maximum Gasteiger partial charge on any atom is 0.0500 e. The van der Waals surface area contributed by atoms with Gasteiger partial charge >= 0.3 is 0 Å². The number of hydrogen-bond acceptors (Lipinski definition) is 3. The third kappa shape index (κ3) is 5.28. The molecule has 0 radical (unpaired) electrons. The predicted molar refractivity (Wildman–Crippen MR) is 68.8 cm³/mol. The monoisotopic (exact) mass is 228 g/mol. The van der Waals surface area contributed by atoms with E-state index in [-0.39, 0.29) is 0 Å². The van der Waals surface area contributed by atoms with Crippen molar-refractivity contribution in [3.05, 3.63) is 0 Å². The molecule has 16 heavy (non-hydrogen) atoms. The van der Waals surface area contributed by atoms with E-state index in [9.17, 15) is 0 Å². The van der Waals surface area contributed by atoms with Gasteiger partial charge in [0.25, 0.3) is 0 Å². The van der Waals surface area contributed by atoms with E-state index in [2.05, 4.69) is 24.1 Å². The van der Waals surface area contributed by atoms with Crippen molar-refractivity contribution in [1.29, 1.82) is 0 Å². The van der Waals surface area contributed by atoms with Crippen LogP contribution in [0.5, 0.6) is 0 Å². The molecule has 1 fully saturated rings. The van der Waals surface area contributed by atoms with E-state index in [0.717, 1.165) is 12.6 Å². The van der Waals surface area contributed by atoms with Gasteiger partial charge in [0.1, 0.15) is 0 Å². The van der Waals surface area contributed by atoms with Crippen LogP contribution in [0.25, 0.3) is 0 Å². The minimum Gasteiger partial charge on any atom is -0.384 e. The molecule has 0 bridgehead atoms. The Bertz CT molecular complexity index is 167. The molecule has 1 aliphatic rings. The molecular formula is C13H28N2O. The fourth-order valence-electron chi connectivity index (χ4n) is 2.45. The first-order chi connectivity index (χ1) is 7.76. The van der Waals surface area contributed by atoms with Gasteiger partial charge in [-0.1, -0.05) is 13.8 Å². The smallest absolute Gasteiger partial charge is 0.0500 e. The second-order valence-electron chi connectivity index (χ2n) is 5.09. The number of rotatable bonds is 7. The van der Waals surface area contributed by atoms with Gasteiger partial charge in [0, 0.05) is 26.3 Å². The van der Waals surface area contributed by atoms with Gasteiger partial charge in [0.05, 0.1) is 0 Å². The molecule has 0 aromatic heterocycles. The molecule has 1 rings (SSSR count). The third-order valence-electron chi connectivity index (χ3n) is 3.29. The Kier molecular flexibility index (Phi) is 7.01. The summed E-state index contributed by atoms with van der Waals surface area (Å²) in [6.07, 6.45) is 3.85. The zero-order chi connectivity index (χ0) is 11.8. The maximum atomic E-state index is 5.18. The van der Waals surface area contributed by atoms with Gasteiger partial charge in [-0.05, 0) is 44.8 Å². The standard InChI is InChI=1S/C13H28N2O/c1-4-7-14-13-5-8-15(9-6-13)10-12(2)11-16-3/h12-14H,4-11H2,1-3H3.